The van der Waals surface area contributed by atoms with E-state index in [2.05, 4.69) is 22.2 Å². The molecule has 2 atom stereocenters. The second-order valence-electron chi connectivity index (χ2n) is 4.34. The van der Waals surface area contributed by atoms with Crippen LogP contribution >= 0.6 is 23.4 Å². The van der Waals surface area contributed by atoms with Crippen LogP contribution in [0.2, 0.25) is 5.28 Å². The first-order valence-electron chi connectivity index (χ1n) is 6.08. The van der Waals surface area contributed by atoms with E-state index in [1.165, 1.54) is 25.0 Å². The largest absolute Gasteiger partial charge is 0.366 e. The Morgan fingerprint density at radius 2 is 2.29 bits per heavy atom. The van der Waals surface area contributed by atoms with Crippen molar-refractivity contribution in [2.45, 2.75) is 44.4 Å². The second-order valence-corrected chi connectivity index (χ2v) is 6.19. The molecule has 0 bridgehead atoms. The van der Waals surface area contributed by atoms with Crippen molar-refractivity contribution in [2.24, 2.45) is 0 Å². The summed E-state index contributed by atoms with van der Waals surface area (Å²) >= 11 is 7.90. The second kappa shape index (κ2) is 5.91. The third-order valence-corrected chi connectivity index (χ3v) is 4.49. The smallest absolute Gasteiger partial charge is 0.224 e. The number of aromatic nitrogens is 2. The molecular formula is C12H18ClN3S. The molecule has 1 aromatic heterocycles. The van der Waals surface area contributed by atoms with Crippen molar-refractivity contribution in [3.8, 4) is 0 Å². The van der Waals surface area contributed by atoms with E-state index in [0.717, 1.165) is 11.5 Å². The van der Waals surface area contributed by atoms with E-state index in [4.69, 9.17) is 11.6 Å². The molecule has 0 aromatic carbocycles. The number of nitrogens with zero attached hydrogens (tertiary/aromatic N) is 2. The number of aryl methyl sites for hydroxylation is 1. The van der Waals surface area contributed by atoms with Crippen molar-refractivity contribution in [3.05, 3.63) is 17.0 Å². The van der Waals surface area contributed by atoms with E-state index in [1.54, 1.807) is 0 Å². The van der Waals surface area contributed by atoms with Crippen LogP contribution in [0.15, 0.2) is 6.07 Å². The van der Waals surface area contributed by atoms with Gasteiger partial charge in [-0.3, -0.25) is 0 Å². The SMILES string of the molecule is CCSC1CCCC1Nc1cc(C)nc(Cl)n1. The molecule has 0 amide bonds. The van der Waals surface area contributed by atoms with E-state index in [9.17, 15) is 0 Å². The molecule has 1 aliphatic carbocycles. The molecule has 1 saturated carbocycles. The van der Waals surface area contributed by atoms with Crippen LogP contribution in [0, 0.1) is 6.92 Å². The summed E-state index contributed by atoms with van der Waals surface area (Å²) in [6, 6.07) is 2.48. The summed E-state index contributed by atoms with van der Waals surface area (Å²) in [7, 11) is 0. The van der Waals surface area contributed by atoms with Crippen molar-refractivity contribution in [1.29, 1.82) is 0 Å². The maximum Gasteiger partial charge on any atom is 0.224 e. The molecule has 1 fully saturated rings. The highest BCUT2D eigenvalue weighted by molar-refractivity contribution is 7.99. The van der Waals surface area contributed by atoms with E-state index < -0.39 is 0 Å². The van der Waals surface area contributed by atoms with Gasteiger partial charge in [0.1, 0.15) is 5.82 Å². The zero-order valence-electron chi connectivity index (χ0n) is 10.2. The lowest BCUT2D eigenvalue weighted by atomic mass is 10.2. The average molecular weight is 272 g/mol. The van der Waals surface area contributed by atoms with Gasteiger partial charge < -0.3 is 5.32 Å². The molecule has 2 unspecified atom stereocenters. The minimum Gasteiger partial charge on any atom is -0.366 e. The molecule has 0 spiro atoms. The minimum absolute atomic E-state index is 0.324. The number of anilines is 1. The normalized spacial score (nSPS) is 23.9. The first-order valence-corrected chi connectivity index (χ1v) is 7.51. The van der Waals surface area contributed by atoms with Crippen LogP contribution < -0.4 is 5.32 Å². The highest BCUT2D eigenvalue weighted by Gasteiger charge is 2.27. The van der Waals surface area contributed by atoms with Gasteiger partial charge in [0, 0.05) is 23.1 Å². The summed E-state index contributed by atoms with van der Waals surface area (Å²) in [6.45, 7) is 4.15. The Labute approximate surface area is 112 Å². The fourth-order valence-electron chi connectivity index (χ4n) is 2.30. The minimum atomic E-state index is 0.324. The Kier molecular flexibility index (Phi) is 4.51. The van der Waals surface area contributed by atoms with Gasteiger partial charge in [0.15, 0.2) is 0 Å². The van der Waals surface area contributed by atoms with Crippen molar-refractivity contribution in [2.75, 3.05) is 11.1 Å². The predicted octanol–water partition coefficient (Wildman–Crippen LogP) is 3.52. The number of nitrogens with one attached hydrogen (secondary N) is 1. The van der Waals surface area contributed by atoms with E-state index >= 15 is 0 Å². The van der Waals surface area contributed by atoms with Crippen LogP contribution in [0.25, 0.3) is 0 Å². The van der Waals surface area contributed by atoms with Gasteiger partial charge in [0.05, 0.1) is 0 Å². The Balaban J connectivity index is 2.04. The Morgan fingerprint density at radius 3 is 3.00 bits per heavy atom. The predicted molar refractivity (Wildman–Crippen MR) is 75.0 cm³/mol. The molecule has 1 aliphatic rings. The molecule has 0 aliphatic heterocycles. The molecule has 0 saturated heterocycles. The Hall–Kier alpha value is -0.480. The zero-order chi connectivity index (χ0) is 12.3. The van der Waals surface area contributed by atoms with Crippen LogP contribution in [0.3, 0.4) is 0 Å². The van der Waals surface area contributed by atoms with Gasteiger partial charge in [-0.15, -0.1) is 0 Å². The molecule has 1 heterocycles. The first-order chi connectivity index (χ1) is 8.19. The van der Waals surface area contributed by atoms with E-state index in [0.29, 0.717) is 16.6 Å². The Bertz CT molecular complexity index is 366. The third-order valence-electron chi connectivity index (χ3n) is 2.99. The lowest BCUT2D eigenvalue weighted by Gasteiger charge is -2.20. The third kappa shape index (κ3) is 3.49. The summed E-state index contributed by atoms with van der Waals surface area (Å²) in [4.78, 5) is 8.30. The molecule has 17 heavy (non-hydrogen) atoms. The van der Waals surface area contributed by atoms with Gasteiger partial charge in [-0.05, 0) is 37.1 Å². The van der Waals surface area contributed by atoms with Crippen LogP contribution in [-0.2, 0) is 0 Å². The van der Waals surface area contributed by atoms with Gasteiger partial charge in [0.25, 0.3) is 0 Å². The van der Waals surface area contributed by atoms with Gasteiger partial charge in [0.2, 0.25) is 5.28 Å². The molecule has 2 rings (SSSR count). The topological polar surface area (TPSA) is 37.8 Å². The number of hydrogen-bond acceptors (Lipinski definition) is 4. The Morgan fingerprint density at radius 1 is 1.47 bits per heavy atom. The molecule has 3 nitrogen and oxygen atoms in total. The maximum absolute atomic E-state index is 5.87. The molecule has 1 N–H and O–H groups in total. The average Bonchev–Trinajstić information content (AvgIpc) is 2.65. The molecule has 5 heteroatoms. The van der Waals surface area contributed by atoms with Crippen LogP contribution in [0.5, 0.6) is 0 Å². The van der Waals surface area contributed by atoms with Gasteiger partial charge in [-0.2, -0.15) is 11.8 Å². The molecule has 1 aromatic rings. The quantitative estimate of drug-likeness (QED) is 0.851. The number of thioether (sulfide) groups is 1. The van der Waals surface area contributed by atoms with Crippen molar-refractivity contribution < 1.29 is 0 Å². The summed E-state index contributed by atoms with van der Waals surface area (Å²) < 4.78 is 0. The van der Waals surface area contributed by atoms with Crippen LogP contribution in [0.1, 0.15) is 31.9 Å². The van der Waals surface area contributed by atoms with Gasteiger partial charge >= 0.3 is 0 Å². The maximum atomic E-state index is 5.87. The summed E-state index contributed by atoms with van der Waals surface area (Å²) in [5.74, 6) is 2.03. The number of halogens is 1. The fraction of sp³-hybridized carbons (Fsp3) is 0.667. The number of hydrogen-bond donors (Lipinski definition) is 1. The first kappa shape index (κ1) is 13.0. The van der Waals surface area contributed by atoms with Crippen LogP contribution in [0.4, 0.5) is 5.82 Å². The highest BCUT2D eigenvalue weighted by Crippen LogP contribution is 2.31. The lowest BCUT2D eigenvalue weighted by Crippen LogP contribution is -2.26. The zero-order valence-corrected chi connectivity index (χ0v) is 11.8. The van der Waals surface area contributed by atoms with Crippen molar-refractivity contribution >= 4 is 29.2 Å². The van der Waals surface area contributed by atoms with E-state index in [-0.39, 0.29) is 0 Å². The standard InChI is InChI=1S/C12H18ClN3S/c1-3-17-10-6-4-5-9(10)15-11-7-8(2)14-12(13)16-11/h7,9-10H,3-6H2,1-2H3,(H,14,15,16). The monoisotopic (exact) mass is 271 g/mol. The van der Waals surface area contributed by atoms with Gasteiger partial charge in [-0.25, -0.2) is 9.97 Å². The molecular weight excluding hydrogens is 254 g/mol. The van der Waals surface area contributed by atoms with Crippen molar-refractivity contribution in [3.63, 3.8) is 0 Å². The number of rotatable bonds is 4. The molecule has 0 radical (unpaired) electrons. The van der Waals surface area contributed by atoms with Gasteiger partial charge in [-0.1, -0.05) is 13.3 Å². The summed E-state index contributed by atoms with van der Waals surface area (Å²) in [6.07, 6.45) is 3.82. The fourth-order valence-corrected chi connectivity index (χ4v) is 3.72. The molecule has 94 valence electrons. The van der Waals surface area contributed by atoms with E-state index in [1.807, 2.05) is 24.8 Å². The van der Waals surface area contributed by atoms with Crippen LogP contribution in [-0.4, -0.2) is 27.0 Å². The lowest BCUT2D eigenvalue weighted by molar-refractivity contribution is 0.761. The highest BCUT2D eigenvalue weighted by atomic mass is 35.5. The summed E-state index contributed by atoms with van der Waals surface area (Å²) in [5.41, 5.74) is 0.908. The van der Waals surface area contributed by atoms with Crippen molar-refractivity contribution in [1.82, 2.24) is 9.97 Å². The summed E-state index contributed by atoms with van der Waals surface area (Å²) in [5, 5.41) is 4.53.